The van der Waals surface area contributed by atoms with Gasteiger partial charge in [-0.25, -0.2) is 9.59 Å². The minimum absolute atomic E-state index is 0.0801. The lowest BCUT2D eigenvalue weighted by Gasteiger charge is -2.22. The number of carboxylic acids is 1. The quantitative estimate of drug-likeness (QED) is 0.197. The van der Waals surface area contributed by atoms with Gasteiger partial charge in [0.15, 0.2) is 0 Å². The summed E-state index contributed by atoms with van der Waals surface area (Å²) in [5.41, 5.74) is 5.26. The molecule has 0 atom stereocenters. The van der Waals surface area contributed by atoms with E-state index in [1.807, 2.05) is 49.4 Å². The number of carbonyl (C=O) groups excluding carboxylic acids is 1. The topological polar surface area (TPSA) is 103 Å². The van der Waals surface area contributed by atoms with Crippen molar-refractivity contribution in [2.75, 3.05) is 13.7 Å². The first-order valence-corrected chi connectivity index (χ1v) is 13.3. The van der Waals surface area contributed by atoms with Crippen LogP contribution in [0.4, 0.5) is 4.79 Å². The Morgan fingerprint density at radius 3 is 2.28 bits per heavy atom. The Labute approximate surface area is 231 Å². The second kappa shape index (κ2) is 13.1. The van der Waals surface area contributed by atoms with Crippen LogP contribution < -0.4 is 10.1 Å². The van der Waals surface area contributed by atoms with Gasteiger partial charge in [0.05, 0.1) is 7.11 Å². The molecule has 3 N–H and O–H groups in total. The highest BCUT2D eigenvalue weighted by Crippen LogP contribution is 2.28. The van der Waals surface area contributed by atoms with E-state index in [1.165, 1.54) is 17.6 Å². The van der Waals surface area contributed by atoms with Crippen molar-refractivity contribution in [3.63, 3.8) is 0 Å². The van der Waals surface area contributed by atoms with E-state index < -0.39 is 5.97 Å². The number of methoxy groups -OCH3 is 1. The summed E-state index contributed by atoms with van der Waals surface area (Å²) < 4.78 is 5.16. The van der Waals surface area contributed by atoms with Crippen LogP contribution >= 0.6 is 0 Å². The minimum atomic E-state index is -1.04. The number of amidine groups is 1. The number of rotatable bonds is 10. The number of ether oxygens (including phenoxy) is 1. The van der Waals surface area contributed by atoms with Crippen molar-refractivity contribution in [3.8, 4) is 16.9 Å². The lowest BCUT2D eigenvalue weighted by molar-refractivity contribution is 0.0693. The van der Waals surface area contributed by atoms with E-state index in [-0.39, 0.29) is 22.8 Å². The predicted molar refractivity (Wildman–Crippen MR) is 156 cm³/mol. The van der Waals surface area contributed by atoms with Crippen LogP contribution in [-0.4, -0.2) is 41.5 Å². The maximum Gasteiger partial charge on any atom is 0.339 e. The fourth-order valence-corrected chi connectivity index (χ4v) is 4.41. The fraction of sp³-hybridized carbons (Fsp3) is 0.344. The zero-order valence-corrected chi connectivity index (χ0v) is 23.5. The highest BCUT2D eigenvalue weighted by atomic mass is 16.5. The van der Waals surface area contributed by atoms with Crippen molar-refractivity contribution in [2.24, 2.45) is 0 Å². The second-order valence-corrected chi connectivity index (χ2v) is 10.6. The molecule has 0 aliphatic rings. The molecular weight excluding hydrogens is 490 g/mol. The molecule has 7 nitrogen and oxygen atoms in total. The number of nitrogens with one attached hydrogen (secondary N) is 2. The molecule has 0 saturated heterocycles. The number of amides is 2. The molecule has 0 saturated carbocycles. The number of urea groups is 1. The number of aromatic carboxylic acids is 1. The second-order valence-electron chi connectivity index (χ2n) is 10.6. The first-order chi connectivity index (χ1) is 18.5. The number of hydrogen-bond donors (Lipinski definition) is 3. The predicted octanol–water partition coefficient (Wildman–Crippen LogP) is 6.89. The molecule has 3 aromatic carbocycles. The molecule has 7 heteroatoms. The van der Waals surface area contributed by atoms with Crippen LogP contribution in [0.2, 0.25) is 0 Å². The van der Waals surface area contributed by atoms with E-state index in [1.54, 1.807) is 12.1 Å². The molecule has 2 amide bonds. The molecule has 0 bridgehead atoms. The average molecular weight is 530 g/mol. The van der Waals surface area contributed by atoms with Gasteiger partial charge in [0.25, 0.3) is 0 Å². The zero-order valence-electron chi connectivity index (χ0n) is 23.5. The molecule has 0 aliphatic heterocycles. The SMILES string of the molecule is CCN(C(=N)CCCc1cccc(-c2ccc(OC)c(C(=O)O)c2)c1)C(=O)NCc1ccc(C(C)(C)C)cc1. The van der Waals surface area contributed by atoms with Gasteiger partial charge in [-0.2, -0.15) is 0 Å². The summed E-state index contributed by atoms with van der Waals surface area (Å²) in [5.74, 6) is -0.425. The third-order valence-corrected chi connectivity index (χ3v) is 6.72. The van der Waals surface area contributed by atoms with Gasteiger partial charge >= 0.3 is 12.0 Å². The maximum absolute atomic E-state index is 12.8. The number of hydrogen-bond acceptors (Lipinski definition) is 4. The summed E-state index contributed by atoms with van der Waals surface area (Å²) in [6.07, 6.45) is 1.91. The van der Waals surface area contributed by atoms with E-state index in [4.69, 9.17) is 10.1 Å². The van der Waals surface area contributed by atoms with Gasteiger partial charge in [0, 0.05) is 19.5 Å². The van der Waals surface area contributed by atoms with Gasteiger partial charge in [0.2, 0.25) is 0 Å². The van der Waals surface area contributed by atoms with Gasteiger partial charge < -0.3 is 15.2 Å². The molecule has 3 rings (SSSR count). The van der Waals surface area contributed by atoms with Gasteiger partial charge in [-0.05, 0) is 65.1 Å². The van der Waals surface area contributed by atoms with Crippen LogP contribution in [0.1, 0.15) is 67.6 Å². The van der Waals surface area contributed by atoms with Gasteiger partial charge in [-0.3, -0.25) is 10.3 Å². The van der Waals surface area contributed by atoms with E-state index in [9.17, 15) is 14.7 Å². The van der Waals surface area contributed by atoms with Crippen LogP contribution in [0.25, 0.3) is 11.1 Å². The van der Waals surface area contributed by atoms with E-state index in [0.29, 0.717) is 31.7 Å². The summed E-state index contributed by atoms with van der Waals surface area (Å²) >= 11 is 0. The summed E-state index contributed by atoms with van der Waals surface area (Å²) in [5, 5.41) is 20.9. The van der Waals surface area contributed by atoms with E-state index in [0.717, 1.165) is 28.7 Å². The lowest BCUT2D eigenvalue weighted by Crippen LogP contribution is -2.43. The van der Waals surface area contributed by atoms with Gasteiger partial charge in [-0.15, -0.1) is 0 Å². The third kappa shape index (κ3) is 7.93. The monoisotopic (exact) mass is 529 g/mol. The van der Waals surface area contributed by atoms with Crippen molar-refractivity contribution >= 4 is 17.8 Å². The van der Waals surface area contributed by atoms with Crippen molar-refractivity contribution < 1.29 is 19.4 Å². The molecule has 0 unspecified atom stereocenters. The Morgan fingerprint density at radius 1 is 0.974 bits per heavy atom. The number of carbonyl (C=O) groups is 2. The molecule has 0 aliphatic carbocycles. The Bertz CT molecular complexity index is 1310. The largest absolute Gasteiger partial charge is 0.496 e. The molecule has 0 radical (unpaired) electrons. The molecule has 206 valence electrons. The number of nitrogens with zero attached hydrogens (tertiary/aromatic N) is 1. The molecule has 3 aromatic rings. The minimum Gasteiger partial charge on any atom is -0.496 e. The van der Waals surface area contributed by atoms with Crippen molar-refractivity contribution in [3.05, 3.63) is 89.0 Å². The summed E-state index contributed by atoms with van der Waals surface area (Å²) in [7, 11) is 1.45. The normalized spacial score (nSPS) is 11.1. The molecule has 0 heterocycles. The summed E-state index contributed by atoms with van der Waals surface area (Å²) in [4.78, 5) is 25.9. The highest BCUT2D eigenvalue weighted by Gasteiger charge is 2.17. The Hall–Kier alpha value is -4.13. The van der Waals surface area contributed by atoms with Crippen LogP contribution in [0.15, 0.2) is 66.7 Å². The average Bonchev–Trinajstić information content (AvgIpc) is 2.91. The first kappa shape index (κ1) is 29.4. The number of benzene rings is 3. The van der Waals surface area contributed by atoms with E-state index in [2.05, 4.69) is 38.2 Å². The molecule has 0 fully saturated rings. The number of aryl methyl sites for hydroxylation is 1. The third-order valence-electron chi connectivity index (χ3n) is 6.72. The van der Waals surface area contributed by atoms with Crippen molar-refractivity contribution in [1.29, 1.82) is 5.41 Å². The first-order valence-electron chi connectivity index (χ1n) is 13.3. The smallest absolute Gasteiger partial charge is 0.339 e. The van der Waals surface area contributed by atoms with Gasteiger partial charge in [0.1, 0.15) is 17.1 Å². The standard InChI is InChI=1S/C32H39N3O4/c1-6-35(31(38)34-21-23-13-16-26(17-14-23)32(2,3)4)29(33)12-8-10-22-9-7-11-24(19-22)25-15-18-28(39-5)27(20-25)30(36)37/h7,9,11,13-20,33H,6,8,10,12,21H2,1-5H3,(H,34,38)(H,36,37). The highest BCUT2D eigenvalue weighted by molar-refractivity contribution is 5.96. The van der Waals surface area contributed by atoms with Crippen molar-refractivity contribution in [1.82, 2.24) is 10.2 Å². The lowest BCUT2D eigenvalue weighted by atomic mass is 9.87. The van der Waals surface area contributed by atoms with Crippen LogP contribution in [0.5, 0.6) is 5.75 Å². The zero-order chi connectivity index (χ0) is 28.6. The Balaban J connectivity index is 1.55. The van der Waals surface area contributed by atoms with Crippen LogP contribution in [-0.2, 0) is 18.4 Å². The molecular formula is C32H39N3O4. The Kier molecular flexibility index (Phi) is 9.88. The van der Waals surface area contributed by atoms with Gasteiger partial charge in [-0.1, -0.05) is 75.4 Å². The fourth-order valence-electron chi connectivity index (χ4n) is 4.41. The summed E-state index contributed by atoms with van der Waals surface area (Å²) in [6, 6.07) is 21.1. The molecule has 0 aromatic heterocycles. The van der Waals surface area contributed by atoms with Crippen LogP contribution in [0, 0.1) is 5.41 Å². The Morgan fingerprint density at radius 2 is 1.67 bits per heavy atom. The maximum atomic E-state index is 12.8. The van der Waals surface area contributed by atoms with Crippen molar-refractivity contribution in [2.45, 2.75) is 58.9 Å². The molecule has 39 heavy (non-hydrogen) atoms. The summed E-state index contributed by atoms with van der Waals surface area (Å²) in [6.45, 7) is 9.21. The molecule has 0 spiro atoms. The number of carboxylic acid groups (broad SMARTS) is 1. The van der Waals surface area contributed by atoms with E-state index >= 15 is 0 Å². The van der Waals surface area contributed by atoms with Crippen LogP contribution in [0.3, 0.4) is 0 Å².